The number of methoxy groups -OCH3 is 1. The first kappa shape index (κ1) is 16.5. The number of carbonyl (C=O) groups is 1. The zero-order valence-electron chi connectivity index (χ0n) is 13.6. The van der Waals surface area contributed by atoms with Gasteiger partial charge in [0.1, 0.15) is 5.82 Å². The van der Waals surface area contributed by atoms with Crippen LogP contribution in [0.2, 0.25) is 0 Å². The summed E-state index contributed by atoms with van der Waals surface area (Å²) in [4.78, 5) is 24.5. The molecule has 22 heavy (non-hydrogen) atoms. The van der Waals surface area contributed by atoms with Crippen LogP contribution in [0.5, 0.6) is 0 Å². The van der Waals surface area contributed by atoms with Crippen molar-refractivity contribution in [1.29, 1.82) is 0 Å². The highest BCUT2D eigenvalue weighted by atomic mass is 16.5. The first-order valence-electron chi connectivity index (χ1n) is 7.63. The minimum absolute atomic E-state index is 0.172. The topological polar surface area (TPSA) is 70.6 Å². The lowest BCUT2D eigenvalue weighted by Gasteiger charge is -2.32. The summed E-state index contributed by atoms with van der Waals surface area (Å²) in [6, 6.07) is 2.19. The molecule has 7 nitrogen and oxygen atoms in total. The first-order chi connectivity index (χ1) is 10.6. The lowest BCUT2D eigenvalue weighted by molar-refractivity contribution is -0.133. The number of hydrogen-bond acceptors (Lipinski definition) is 6. The van der Waals surface area contributed by atoms with Crippen molar-refractivity contribution in [3.63, 3.8) is 0 Å². The van der Waals surface area contributed by atoms with Gasteiger partial charge in [0, 0.05) is 46.5 Å². The lowest BCUT2D eigenvalue weighted by atomic mass is 10.0. The molecule has 0 aliphatic carbocycles. The number of nitrogens with zero attached hydrogens (tertiary/aromatic N) is 4. The average molecular weight is 307 g/mol. The number of amides is 1. The maximum atomic E-state index is 11.9. The minimum atomic E-state index is 0.172. The lowest BCUT2D eigenvalue weighted by Crippen LogP contribution is -2.42. The number of likely N-dealkylation sites (tertiary alicyclic amines) is 1. The van der Waals surface area contributed by atoms with E-state index in [2.05, 4.69) is 15.3 Å². The zero-order chi connectivity index (χ0) is 15.9. The van der Waals surface area contributed by atoms with Crippen molar-refractivity contribution in [2.45, 2.75) is 25.3 Å². The van der Waals surface area contributed by atoms with Crippen LogP contribution in [-0.4, -0.2) is 67.7 Å². The third-order valence-electron chi connectivity index (χ3n) is 3.80. The van der Waals surface area contributed by atoms with Crippen molar-refractivity contribution in [3.8, 4) is 0 Å². The molecular weight excluding hydrogens is 282 g/mol. The molecule has 1 aromatic heterocycles. The van der Waals surface area contributed by atoms with Gasteiger partial charge in [-0.1, -0.05) is 0 Å². The van der Waals surface area contributed by atoms with E-state index in [0.29, 0.717) is 25.0 Å². The molecule has 1 fully saturated rings. The summed E-state index contributed by atoms with van der Waals surface area (Å²) >= 11 is 0. The van der Waals surface area contributed by atoms with Gasteiger partial charge in [0.2, 0.25) is 11.9 Å². The fraction of sp³-hybridized carbons (Fsp3) is 0.667. The number of ether oxygens (including phenoxy) is 1. The molecule has 0 radical (unpaired) electrons. The fourth-order valence-electron chi connectivity index (χ4n) is 2.47. The van der Waals surface area contributed by atoms with Gasteiger partial charge in [0.25, 0.3) is 0 Å². The predicted octanol–water partition coefficient (Wildman–Crippen LogP) is 0.982. The molecule has 1 aromatic rings. The number of aromatic nitrogens is 2. The second-order valence-electron chi connectivity index (χ2n) is 5.68. The second-order valence-corrected chi connectivity index (χ2v) is 5.68. The Hall–Kier alpha value is -1.89. The van der Waals surface area contributed by atoms with Gasteiger partial charge in [-0.25, -0.2) is 4.98 Å². The quantitative estimate of drug-likeness (QED) is 0.845. The Bertz CT molecular complexity index is 487. The number of piperidine rings is 1. The van der Waals surface area contributed by atoms with Crippen molar-refractivity contribution in [2.24, 2.45) is 0 Å². The summed E-state index contributed by atoms with van der Waals surface area (Å²) in [6.45, 7) is 2.03. The highest BCUT2D eigenvalue weighted by Crippen LogP contribution is 2.16. The maximum absolute atomic E-state index is 11.9. The summed E-state index contributed by atoms with van der Waals surface area (Å²) in [5, 5.41) is 3.37. The zero-order valence-corrected chi connectivity index (χ0v) is 13.6. The Labute approximate surface area is 131 Å². The van der Waals surface area contributed by atoms with E-state index in [-0.39, 0.29) is 5.91 Å². The molecule has 1 amide bonds. The summed E-state index contributed by atoms with van der Waals surface area (Å²) in [5.41, 5.74) is 0. The number of carbonyl (C=O) groups excluding carboxylic acids is 1. The summed E-state index contributed by atoms with van der Waals surface area (Å²) in [6.07, 6.45) is 4.04. The van der Waals surface area contributed by atoms with E-state index in [9.17, 15) is 4.79 Å². The number of hydrogen-bond donors (Lipinski definition) is 1. The number of anilines is 2. The third kappa shape index (κ3) is 4.56. The van der Waals surface area contributed by atoms with Crippen LogP contribution in [-0.2, 0) is 9.53 Å². The monoisotopic (exact) mass is 307 g/mol. The molecular formula is C15H25N5O2. The van der Waals surface area contributed by atoms with Gasteiger partial charge in [-0.3, -0.25) is 4.79 Å². The van der Waals surface area contributed by atoms with E-state index >= 15 is 0 Å². The van der Waals surface area contributed by atoms with E-state index < -0.39 is 0 Å². The Morgan fingerprint density at radius 2 is 2.18 bits per heavy atom. The van der Waals surface area contributed by atoms with Crippen LogP contribution < -0.4 is 10.2 Å². The van der Waals surface area contributed by atoms with Crippen LogP contribution in [0.4, 0.5) is 11.8 Å². The molecule has 0 spiro atoms. The van der Waals surface area contributed by atoms with E-state index in [1.165, 1.54) is 0 Å². The Morgan fingerprint density at radius 1 is 1.45 bits per heavy atom. The number of rotatable bonds is 6. The minimum Gasteiger partial charge on any atom is -0.384 e. The standard InChI is InChI=1S/C15H25N5O2/c1-19(2)13-4-8-16-15(18-13)17-12-5-9-20(10-6-12)14(21)7-11-22-3/h4,8,12H,5-7,9-11H2,1-3H3,(H,16,17,18). The van der Waals surface area contributed by atoms with Crippen LogP contribution in [0.15, 0.2) is 12.3 Å². The Kier molecular flexibility index (Phi) is 5.94. The van der Waals surface area contributed by atoms with Crippen LogP contribution in [0.3, 0.4) is 0 Å². The van der Waals surface area contributed by atoms with Crippen LogP contribution in [0.1, 0.15) is 19.3 Å². The van der Waals surface area contributed by atoms with Gasteiger partial charge >= 0.3 is 0 Å². The van der Waals surface area contributed by atoms with Gasteiger partial charge in [0.05, 0.1) is 13.0 Å². The molecule has 0 atom stereocenters. The molecule has 0 saturated carbocycles. The van der Waals surface area contributed by atoms with Gasteiger partial charge in [0.15, 0.2) is 0 Å². The van der Waals surface area contributed by atoms with Crippen molar-refractivity contribution >= 4 is 17.7 Å². The van der Waals surface area contributed by atoms with Gasteiger partial charge < -0.3 is 19.9 Å². The molecule has 1 saturated heterocycles. The molecule has 1 aliphatic rings. The summed E-state index contributed by atoms with van der Waals surface area (Å²) in [5.74, 6) is 1.70. The van der Waals surface area contributed by atoms with Gasteiger partial charge in [-0.15, -0.1) is 0 Å². The van der Waals surface area contributed by atoms with Gasteiger partial charge in [-0.05, 0) is 18.9 Å². The van der Waals surface area contributed by atoms with E-state index in [0.717, 1.165) is 31.7 Å². The third-order valence-corrected chi connectivity index (χ3v) is 3.80. The second kappa shape index (κ2) is 7.93. The molecule has 1 N–H and O–H groups in total. The molecule has 0 unspecified atom stereocenters. The Balaban J connectivity index is 1.82. The highest BCUT2D eigenvalue weighted by Gasteiger charge is 2.22. The highest BCUT2D eigenvalue weighted by molar-refractivity contribution is 5.76. The maximum Gasteiger partial charge on any atom is 0.224 e. The smallest absolute Gasteiger partial charge is 0.224 e. The fourth-order valence-corrected chi connectivity index (χ4v) is 2.47. The van der Waals surface area contributed by atoms with Crippen molar-refractivity contribution in [2.75, 3.05) is 51.1 Å². The predicted molar refractivity (Wildman–Crippen MR) is 86.1 cm³/mol. The van der Waals surface area contributed by atoms with Crippen LogP contribution in [0.25, 0.3) is 0 Å². The SMILES string of the molecule is COCCC(=O)N1CCC(Nc2nccc(N(C)C)n2)CC1. The molecule has 122 valence electrons. The normalized spacial score (nSPS) is 15.7. The van der Waals surface area contributed by atoms with E-state index in [1.807, 2.05) is 30.0 Å². The molecule has 0 aromatic carbocycles. The first-order valence-corrected chi connectivity index (χ1v) is 7.63. The van der Waals surface area contributed by atoms with E-state index in [4.69, 9.17) is 4.74 Å². The Morgan fingerprint density at radius 3 is 2.82 bits per heavy atom. The van der Waals surface area contributed by atoms with E-state index in [1.54, 1.807) is 13.3 Å². The van der Waals surface area contributed by atoms with Crippen molar-refractivity contribution in [1.82, 2.24) is 14.9 Å². The van der Waals surface area contributed by atoms with Crippen LogP contribution >= 0.6 is 0 Å². The summed E-state index contributed by atoms with van der Waals surface area (Å²) < 4.78 is 4.95. The molecule has 7 heteroatoms. The van der Waals surface area contributed by atoms with Crippen LogP contribution in [0, 0.1) is 0 Å². The summed E-state index contributed by atoms with van der Waals surface area (Å²) in [7, 11) is 5.53. The average Bonchev–Trinajstić information content (AvgIpc) is 2.53. The molecule has 2 rings (SSSR count). The van der Waals surface area contributed by atoms with Crippen molar-refractivity contribution in [3.05, 3.63) is 12.3 Å². The van der Waals surface area contributed by atoms with Gasteiger partial charge in [-0.2, -0.15) is 4.98 Å². The molecule has 1 aliphatic heterocycles. The number of nitrogens with one attached hydrogen (secondary N) is 1. The molecule has 0 bridgehead atoms. The molecule has 2 heterocycles. The largest absolute Gasteiger partial charge is 0.384 e. The van der Waals surface area contributed by atoms with Crippen molar-refractivity contribution < 1.29 is 9.53 Å².